The van der Waals surface area contributed by atoms with E-state index in [0.29, 0.717) is 6.54 Å². The molecule has 0 unspecified atom stereocenters. The number of benzene rings is 1. The molecule has 132 valence electrons. The molecule has 2 N–H and O–H groups in total. The molecule has 0 atom stereocenters. The molecule has 1 saturated carbocycles. The van der Waals surface area contributed by atoms with Crippen LogP contribution in [0.4, 0.5) is 5.69 Å². The first-order valence-electron chi connectivity index (χ1n) is 9.22. The molecule has 0 saturated heterocycles. The highest BCUT2D eigenvalue weighted by Crippen LogP contribution is 2.32. The number of hydrogen-bond donors (Lipinski definition) is 2. The van der Waals surface area contributed by atoms with E-state index in [9.17, 15) is 9.59 Å². The fourth-order valence-corrected chi connectivity index (χ4v) is 3.50. The Balaban J connectivity index is 1.76. The molecule has 0 radical (unpaired) electrons. The van der Waals surface area contributed by atoms with Crippen molar-refractivity contribution < 1.29 is 9.59 Å². The molecule has 4 nitrogen and oxygen atoms in total. The lowest BCUT2D eigenvalue weighted by atomic mass is 9.79. The first-order valence-corrected chi connectivity index (χ1v) is 9.22. The highest BCUT2D eigenvalue weighted by atomic mass is 16.2. The molecular weight excluding hydrogens is 300 g/mol. The second-order valence-corrected chi connectivity index (χ2v) is 6.96. The average Bonchev–Trinajstić information content (AvgIpc) is 2.58. The zero-order chi connectivity index (χ0) is 17.4. The minimum atomic E-state index is -0.0870. The van der Waals surface area contributed by atoms with E-state index in [-0.39, 0.29) is 17.7 Å². The van der Waals surface area contributed by atoms with Gasteiger partial charge in [-0.2, -0.15) is 0 Å². The summed E-state index contributed by atoms with van der Waals surface area (Å²) in [6.07, 6.45) is 8.31. The van der Waals surface area contributed by atoms with Crippen LogP contribution in [0.25, 0.3) is 0 Å². The molecular formula is C20H30N2O2. The number of anilines is 1. The molecule has 0 aromatic heterocycles. The van der Waals surface area contributed by atoms with E-state index in [1.165, 1.54) is 39.0 Å². The molecule has 0 heterocycles. The van der Waals surface area contributed by atoms with Crippen LogP contribution in [0.15, 0.2) is 24.3 Å². The molecule has 24 heavy (non-hydrogen) atoms. The Morgan fingerprint density at radius 3 is 2.58 bits per heavy atom. The lowest BCUT2D eigenvalue weighted by molar-refractivity contribution is -0.126. The first-order chi connectivity index (χ1) is 11.6. The molecule has 1 aromatic carbocycles. The van der Waals surface area contributed by atoms with E-state index < -0.39 is 0 Å². The van der Waals surface area contributed by atoms with Crippen LogP contribution in [0, 0.1) is 11.8 Å². The third-order valence-corrected chi connectivity index (χ3v) is 4.90. The van der Waals surface area contributed by atoms with Gasteiger partial charge in [-0.25, -0.2) is 0 Å². The van der Waals surface area contributed by atoms with Crippen LogP contribution in [0.5, 0.6) is 0 Å². The fourth-order valence-electron chi connectivity index (χ4n) is 3.50. The molecule has 1 aromatic rings. The quantitative estimate of drug-likeness (QED) is 0.785. The standard InChI is InChI=1S/C20H30N2O2/c1-3-4-6-16-9-11-18(12-10-16)20(24)21-14-17-7-5-8-19(13-17)22-15(2)23/h5,7-8,13,16,18H,3-4,6,9-12,14H2,1-2H3,(H,21,24)(H,22,23). The lowest BCUT2D eigenvalue weighted by Gasteiger charge is -2.27. The van der Waals surface area contributed by atoms with Crippen molar-refractivity contribution in [1.82, 2.24) is 5.32 Å². The van der Waals surface area contributed by atoms with Gasteiger partial charge in [-0.3, -0.25) is 9.59 Å². The fraction of sp³-hybridized carbons (Fsp3) is 0.600. The van der Waals surface area contributed by atoms with Gasteiger partial charge in [0.05, 0.1) is 0 Å². The van der Waals surface area contributed by atoms with Crippen molar-refractivity contribution in [1.29, 1.82) is 0 Å². The van der Waals surface area contributed by atoms with Gasteiger partial charge in [0.2, 0.25) is 11.8 Å². The maximum Gasteiger partial charge on any atom is 0.223 e. The zero-order valence-corrected chi connectivity index (χ0v) is 14.9. The Morgan fingerprint density at radius 2 is 1.92 bits per heavy atom. The van der Waals surface area contributed by atoms with Crippen molar-refractivity contribution >= 4 is 17.5 Å². The number of nitrogens with one attached hydrogen (secondary N) is 2. The highest BCUT2D eigenvalue weighted by molar-refractivity contribution is 5.88. The van der Waals surface area contributed by atoms with Crippen molar-refractivity contribution in [3.63, 3.8) is 0 Å². The molecule has 1 aliphatic carbocycles. The Labute approximate surface area is 145 Å². The van der Waals surface area contributed by atoms with Crippen LogP contribution in [0.2, 0.25) is 0 Å². The second kappa shape index (κ2) is 9.45. The Morgan fingerprint density at radius 1 is 1.17 bits per heavy atom. The van der Waals surface area contributed by atoms with Crippen molar-refractivity contribution in [2.75, 3.05) is 5.32 Å². The summed E-state index contributed by atoms with van der Waals surface area (Å²) in [6, 6.07) is 7.62. The zero-order valence-electron chi connectivity index (χ0n) is 14.9. The minimum absolute atomic E-state index is 0.0870. The Bertz CT molecular complexity index is 548. The third kappa shape index (κ3) is 5.99. The summed E-state index contributed by atoms with van der Waals surface area (Å²) in [5.41, 5.74) is 1.77. The normalized spacial score (nSPS) is 20.4. The van der Waals surface area contributed by atoms with E-state index in [4.69, 9.17) is 0 Å². The summed E-state index contributed by atoms with van der Waals surface area (Å²) < 4.78 is 0. The van der Waals surface area contributed by atoms with E-state index >= 15 is 0 Å². The average molecular weight is 330 g/mol. The van der Waals surface area contributed by atoms with Crippen LogP contribution in [0.1, 0.15) is 64.4 Å². The van der Waals surface area contributed by atoms with Crippen molar-refractivity contribution in [2.24, 2.45) is 11.8 Å². The number of carbonyl (C=O) groups is 2. The summed E-state index contributed by atoms with van der Waals surface area (Å²) in [5, 5.41) is 5.82. The number of hydrogen-bond acceptors (Lipinski definition) is 2. The number of carbonyl (C=O) groups excluding carboxylic acids is 2. The molecule has 4 heteroatoms. The van der Waals surface area contributed by atoms with Crippen molar-refractivity contribution in [3.05, 3.63) is 29.8 Å². The predicted octanol–water partition coefficient (Wildman–Crippen LogP) is 4.26. The van der Waals surface area contributed by atoms with Gasteiger partial charge in [0.1, 0.15) is 0 Å². The van der Waals surface area contributed by atoms with E-state index in [1.54, 1.807) is 0 Å². The monoisotopic (exact) mass is 330 g/mol. The maximum atomic E-state index is 12.4. The van der Waals surface area contributed by atoms with E-state index in [1.807, 2.05) is 24.3 Å². The first kappa shape index (κ1) is 18.5. The Kier molecular flexibility index (Phi) is 7.29. The molecule has 0 aliphatic heterocycles. The van der Waals surface area contributed by atoms with Gasteiger partial charge >= 0.3 is 0 Å². The highest BCUT2D eigenvalue weighted by Gasteiger charge is 2.25. The topological polar surface area (TPSA) is 58.2 Å². The summed E-state index contributed by atoms with van der Waals surface area (Å²) in [7, 11) is 0. The summed E-state index contributed by atoms with van der Waals surface area (Å²) in [5.74, 6) is 1.08. The van der Waals surface area contributed by atoms with Gasteiger partial charge in [-0.1, -0.05) is 38.3 Å². The number of amides is 2. The number of rotatable bonds is 7. The summed E-state index contributed by atoms with van der Waals surface area (Å²) >= 11 is 0. The summed E-state index contributed by atoms with van der Waals surface area (Å²) in [6.45, 7) is 4.24. The van der Waals surface area contributed by atoms with Crippen LogP contribution in [-0.2, 0) is 16.1 Å². The molecule has 2 rings (SSSR count). The Hall–Kier alpha value is -1.84. The van der Waals surface area contributed by atoms with Crippen LogP contribution < -0.4 is 10.6 Å². The second-order valence-electron chi connectivity index (χ2n) is 6.96. The van der Waals surface area contributed by atoms with Crippen molar-refractivity contribution in [2.45, 2.75) is 65.3 Å². The maximum absolute atomic E-state index is 12.4. The van der Waals surface area contributed by atoms with Crippen LogP contribution in [-0.4, -0.2) is 11.8 Å². The predicted molar refractivity (Wildman–Crippen MR) is 97.6 cm³/mol. The SMILES string of the molecule is CCCCC1CCC(C(=O)NCc2cccc(NC(C)=O)c2)CC1. The molecule has 1 aliphatic rings. The smallest absolute Gasteiger partial charge is 0.223 e. The van der Waals surface area contributed by atoms with Crippen LogP contribution in [0.3, 0.4) is 0 Å². The van der Waals surface area contributed by atoms with Gasteiger partial charge in [0, 0.05) is 25.1 Å². The van der Waals surface area contributed by atoms with Crippen molar-refractivity contribution in [3.8, 4) is 0 Å². The molecule has 0 spiro atoms. The van der Waals surface area contributed by atoms with Gasteiger partial charge in [-0.05, 0) is 49.3 Å². The third-order valence-electron chi connectivity index (χ3n) is 4.90. The number of unbranched alkanes of at least 4 members (excludes halogenated alkanes) is 1. The van der Waals surface area contributed by atoms with Gasteiger partial charge in [0.15, 0.2) is 0 Å². The molecule has 0 bridgehead atoms. The van der Waals surface area contributed by atoms with Gasteiger partial charge < -0.3 is 10.6 Å². The van der Waals surface area contributed by atoms with E-state index in [2.05, 4.69) is 17.6 Å². The minimum Gasteiger partial charge on any atom is -0.352 e. The van der Waals surface area contributed by atoms with E-state index in [0.717, 1.165) is 30.0 Å². The summed E-state index contributed by atoms with van der Waals surface area (Å²) in [4.78, 5) is 23.5. The lowest BCUT2D eigenvalue weighted by Crippen LogP contribution is -2.32. The molecule has 1 fully saturated rings. The van der Waals surface area contributed by atoms with Gasteiger partial charge in [0.25, 0.3) is 0 Å². The molecule has 2 amide bonds. The largest absolute Gasteiger partial charge is 0.352 e. The van der Waals surface area contributed by atoms with Crippen LogP contribution >= 0.6 is 0 Å². The van der Waals surface area contributed by atoms with Gasteiger partial charge in [-0.15, -0.1) is 0 Å².